The zero-order chi connectivity index (χ0) is 26.4. The Labute approximate surface area is 221 Å². The van der Waals surface area contributed by atoms with Crippen LogP contribution in [0.1, 0.15) is 11.1 Å². The Balaban J connectivity index is 1.76. The first-order valence-electron chi connectivity index (χ1n) is 12.3. The molecule has 0 spiro atoms. The second-order valence-corrected chi connectivity index (χ2v) is 11.3. The molecule has 188 valence electrons. The number of hydrogen-bond donors (Lipinski definition) is 2. The number of aryl methyl sites for hydroxylation is 2. The lowest BCUT2D eigenvalue weighted by Gasteiger charge is -2.27. The highest BCUT2D eigenvalue weighted by Crippen LogP contribution is 2.47. The van der Waals surface area contributed by atoms with Crippen molar-refractivity contribution in [1.29, 1.82) is 0 Å². The molecule has 0 radical (unpaired) electrons. The van der Waals surface area contributed by atoms with E-state index in [0.29, 0.717) is 27.8 Å². The number of phenolic OH excluding ortho intramolecular Hbond substituents is 1. The van der Waals surface area contributed by atoms with E-state index >= 15 is 0 Å². The molecule has 0 aliphatic carbocycles. The number of aromatic nitrogens is 1. The zero-order valence-electron chi connectivity index (χ0n) is 21.0. The molecule has 1 heterocycles. The van der Waals surface area contributed by atoms with E-state index in [9.17, 15) is 13.5 Å². The van der Waals surface area contributed by atoms with E-state index in [-0.39, 0.29) is 10.6 Å². The Bertz CT molecular complexity index is 1910. The van der Waals surface area contributed by atoms with Gasteiger partial charge in [-0.05, 0) is 49.7 Å². The van der Waals surface area contributed by atoms with Crippen LogP contribution in [0.5, 0.6) is 5.75 Å². The lowest BCUT2D eigenvalue weighted by molar-refractivity contribution is 0.481. The first-order chi connectivity index (χ1) is 18.3. The second-order valence-electron chi connectivity index (χ2n) is 9.50. The molecule has 5 nitrogen and oxygen atoms in total. The first-order valence-corrected chi connectivity index (χ1v) is 13.8. The molecule has 1 aromatic heterocycles. The number of hydrogen-bond acceptors (Lipinski definition) is 3. The molecular formula is C32H26N2O3S. The van der Waals surface area contributed by atoms with Gasteiger partial charge in [0.1, 0.15) is 5.75 Å². The molecule has 0 aliphatic rings. The van der Waals surface area contributed by atoms with Crippen molar-refractivity contribution in [1.82, 2.24) is 4.98 Å². The summed E-state index contributed by atoms with van der Waals surface area (Å²) in [5, 5.41) is 12.6. The number of aromatic hydroxyl groups is 1. The Morgan fingerprint density at radius 1 is 0.684 bits per heavy atom. The summed E-state index contributed by atoms with van der Waals surface area (Å²) in [6.45, 7) is 3.94. The third-order valence-electron chi connectivity index (χ3n) is 6.85. The number of anilines is 2. The quantitative estimate of drug-likeness (QED) is 0.244. The topological polar surface area (TPSA) is 73.4 Å². The molecular weight excluding hydrogens is 492 g/mol. The van der Waals surface area contributed by atoms with Crippen LogP contribution < -0.4 is 4.31 Å². The lowest BCUT2D eigenvalue weighted by Crippen LogP contribution is -2.27. The minimum atomic E-state index is -4.10. The number of sulfonamides is 1. The van der Waals surface area contributed by atoms with Crippen LogP contribution >= 0.6 is 0 Å². The fourth-order valence-electron chi connectivity index (χ4n) is 4.95. The maximum Gasteiger partial charge on any atom is 0.268 e. The van der Waals surface area contributed by atoms with Crippen LogP contribution in [0.25, 0.3) is 32.9 Å². The van der Waals surface area contributed by atoms with Crippen molar-refractivity contribution in [2.75, 3.05) is 4.31 Å². The van der Waals surface area contributed by atoms with Gasteiger partial charge in [0.2, 0.25) is 0 Å². The van der Waals surface area contributed by atoms with Crippen molar-refractivity contribution in [2.45, 2.75) is 18.7 Å². The number of phenols is 1. The summed E-state index contributed by atoms with van der Waals surface area (Å²) in [6.07, 6.45) is 0. The zero-order valence-corrected chi connectivity index (χ0v) is 21.8. The largest absolute Gasteiger partial charge is 0.507 e. The van der Waals surface area contributed by atoms with Crippen molar-refractivity contribution < 1.29 is 13.5 Å². The van der Waals surface area contributed by atoms with Crippen molar-refractivity contribution in [2.24, 2.45) is 0 Å². The smallest absolute Gasteiger partial charge is 0.268 e. The third kappa shape index (κ3) is 3.90. The normalized spacial score (nSPS) is 11.7. The highest BCUT2D eigenvalue weighted by molar-refractivity contribution is 7.93. The maximum atomic E-state index is 14.6. The predicted octanol–water partition coefficient (Wildman–Crippen LogP) is 7.84. The van der Waals surface area contributed by atoms with Crippen molar-refractivity contribution in [3.05, 3.63) is 120 Å². The van der Waals surface area contributed by atoms with E-state index < -0.39 is 10.0 Å². The van der Waals surface area contributed by atoms with Gasteiger partial charge in [-0.2, -0.15) is 0 Å². The third-order valence-corrected chi connectivity index (χ3v) is 8.58. The van der Waals surface area contributed by atoms with Gasteiger partial charge in [-0.3, -0.25) is 0 Å². The number of fused-ring (bicyclic) bond motifs is 2. The van der Waals surface area contributed by atoms with Crippen molar-refractivity contribution in [3.8, 4) is 17.0 Å². The van der Waals surface area contributed by atoms with Crippen LogP contribution in [0.15, 0.2) is 114 Å². The predicted molar refractivity (Wildman–Crippen MR) is 155 cm³/mol. The number of aromatic amines is 1. The van der Waals surface area contributed by atoms with Gasteiger partial charge in [0.25, 0.3) is 10.0 Å². The standard InChI is InChI=1S/C32H26N2O3S/c1-21-12-15-24(16-13-21)38(36,37)34(29-18-19-30(35)26-11-7-6-10-25(26)29)32-27-17-14-22(2)20-28(27)33-31(32)23-8-4-3-5-9-23/h3-20,33,35H,1-2H3. The second kappa shape index (κ2) is 9.08. The molecule has 0 aliphatic heterocycles. The maximum absolute atomic E-state index is 14.6. The summed E-state index contributed by atoms with van der Waals surface area (Å²) in [6, 6.07) is 33.1. The summed E-state index contributed by atoms with van der Waals surface area (Å²) < 4.78 is 30.7. The van der Waals surface area contributed by atoms with Gasteiger partial charge in [0, 0.05) is 27.2 Å². The molecule has 6 heteroatoms. The summed E-state index contributed by atoms with van der Waals surface area (Å²) in [7, 11) is -4.10. The molecule has 0 unspecified atom stereocenters. The molecule has 0 saturated heterocycles. The summed E-state index contributed by atoms with van der Waals surface area (Å²) in [5.41, 5.74) is 5.42. The van der Waals surface area contributed by atoms with E-state index in [4.69, 9.17) is 0 Å². The minimum Gasteiger partial charge on any atom is -0.507 e. The van der Waals surface area contributed by atoms with Crippen molar-refractivity contribution >= 4 is 43.1 Å². The number of nitrogens with one attached hydrogen (secondary N) is 1. The van der Waals surface area contributed by atoms with E-state index in [2.05, 4.69) is 4.98 Å². The number of benzene rings is 5. The molecule has 6 rings (SSSR count). The summed E-state index contributed by atoms with van der Waals surface area (Å²) in [4.78, 5) is 3.69. The summed E-state index contributed by atoms with van der Waals surface area (Å²) in [5.74, 6) is 0.0925. The van der Waals surface area contributed by atoms with Gasteiger partial charge in [0.15, 0.2) is 0 Å². The van der Waals surface area contributed by atoms with Gasteiger partial charge >= 0.3 is 0 Å². The number of nitrogens with zero attached hydrogens (tertiary/aromatic N) is 1. The van der Waals surface area contributed by atoms with E-state index in [0.717, 1.165) is 27.6 Å². The van der Waals surface area contributed by atoms with Gasteiger partial charge in [-0.25, -0.2) is 12.7 Å². The molecule has 0 amide bonds. The Morgan fingerprint density at radius 3 is 2.08 bits per heavy atom. The molecule has 5 aromatic carbocycles. The van der Waals surface area contributed by atoms with Crippen LogP contribution in [0.2, 0.25) is 0 Å². The number of H-pyrrole nitrogens is 1. The molecule has 0 saturated carbocycles. The molecule has 6 aromatic rings. The summed E-state index contributed by atoms with van der Waals surface area (Å²) >= 11 is 0. The van der Waals surface area contributed by atoms with Gasteiger partial charge in [-0.1, -0.05) is 84.4 Å². The highest BCUT2D eigenvalue weighted by atomic mass is 32.2. The van der Waals surface area contributed by atoms with Gasteiger partial charge in [0.05, 0.1) is 22.0 Å². The van der Waals surface area contributed by atoms with E-state index in [1.165, 1.54) is 4.31 Å². The Morgan fingerprint density at radius 2 is 1.34 bits per heavy atom. The van der Waals surface area contributed by atoms with Crippen LogP contribution in [0.3, 0.4) is 0 Å². The average molecular weight is 519 g/mol. The molecule has 0 bridgehead atoms. The van der Waals surface area contributed by atoms with Crippen LogP contribution in [0, 0.1) is 13.8 Å². The molecule has 2 N–H and O–H groups in total. The fourth-order valence-corrected chi connectivity index (χ4v) is 6.49. The Hall–Kier alpha value is -4.55. The van der Waals surface area contributed by atoms with Gasteiger partial charge < -0.3 is 10.1 Å². The fraction of sp³-hybridized carbons (Fsp3) is 0.0625. The highest BCUT2D eigenvalue weighted by Gasteiger charge is 2.33. The SMILES string of the molecule is Cc1ccc(S(=O)(=O)N(c2c(-c3ccccc3)[nH]c3cc(C)ccc23)c2ccc(O)c3ccccc23)cc1. The van der Waals surface area contributed by atoms with Crippen LogP contribution in [0.4, 0.5) is 11.4 Å². The average Bonchev–Trinajstić information content (AvgIpc) is 3.29. The van der Waals surface area contributed by atoms with E-state index in [1.54, 1.807) is 42.5 Å². The number of rotatable bonds is 5. The van der Waals surface area contributed by atoms with E-state index in [1.807, 2.05) is 80.6 Å². The Kier molecular flexibility index (Phi) is 5.69. The minimum absolute atomic E-state index is 0.0925. The monoisotopic (exact) mass is 518 g/mol. The lowest BCUT2D eigenvalue weighted by atomic mass is 10.1. The van der Waals surface area contributed by atoms with Gasteiger partial charge in [-0.15, -0.1) is 0 Å². The van der Waals surface area contributed by atoms with Crippen molar-refractivity contribution in [3.63, 3.8) is 0 Å². The molecule has 38 heavy (non-hydrogen) atoms. The van der Waals surface area contributed by atoms with Crippen LogP contribution in [-0.2, 0) is 10.0 Å². The van der Waals surface area contributed by atoms with Crippen LogP contribution in [-0.4, -0.2) is 18.5 Å². The first kappa shape index (κ1) is 23.8. The molecule has 0 fully saturated rings. The molecule has 0 atom stereocenters.